The first-order valence-electron chi connectivity index (χ1n) is 40.1. The number of aliphatic hydroxyl groups excluding tert-OH is 12. The zero-order valence-corrected chi connectivity index (χ0v) is 72.8. The molecule has 4 saturated heterocycles. The molecule has 0 aliphatic carbocycles. The molecule has 696 valence electrons. The fourth-order valence-electron chi connectivity index (χ4n) is 12.9. The van der Waals surface area contributed by atoms with Gasteiger partial charge in [-0.3, -0.25) is 93.6 Å². The Kier molecular flexibility index (Phi) is 26.8. The van der Waals surface area contributed by atoms with Gasteiger partial charge in [0.05, 0.1) is 83.3 Å². The number of halogens is 4. The number of alkyl halides is 4. The van der Waals surface area contributed by atoms with Gasteiger partial charge >= 0.3 is 31.3 Å². The summed E-state index contributed by atoms with van der Waals surface area (Å²) in [5, 5.41) is 120. The van der Waals surface area contributed by atoms with Crippen LogP contribution in [0.1, 0.15) is 99.8 Å². The van der Waals surface area contributed by atoms with Gasteiger partial charge in [-0.15, -0.1) is 0 Å². The third kappa shape index (κ3) is 20.1. The third-order valence-corrected chi connectivity index (χ3v) is 26.0. The second kappa shape index (κ2) is 38.4. The molecule has 4 aromatic heterocycles. The summed E-state index contributed by atoms with van der Waals surface area (Å²) in [6.07, 6.45) is -24.1. The van der Waals surface area contributed by atoms with E-state index in [2.05, 4.69) is 19.9 Å². The van der Waals surface area contributed by atoms with E-state index >= 15 is 17.6 Å². The van der Waals surface area contributed by atoms with E-state index < -0.39 is 213 Å². The molecule has 4 unspecified atom stereocenters. The summed E-state index contributed by atoms with van der Waals surface area (Å²) in [6, 6.07) is 20.2. The topological polar surface area (TPSA) is 610 Å². The number of nitrogens with zero attached hydrogens (tertiary/aromatic N) is 4. The molecular formula is C72H80F4N8O36P4S4. The molecule has 8 aliphatic rings. The Morgan fingerprint density at radius 1 is 0.398 bits per heavy atom. The minimum atomic E-state index is -4.83. The van der Waals surface area contributed by atoms with Crippen LogP contribution in [-0.4, -0.2) is 198 Å². The molecule has 12 heterocycles. The van der Waals surface area contributed by atoms with Crippen molar-refractivity contribution < 1.29 is 179 Å². The predicted molar refractivity (Wildman–Crippen MR) is 432 cm³/mol. The Hall–Kier alpha value is -7.84. The largest absolute Gasteiger partial charge is 0.530 e. The smallest absolute Gasteiger partial charge is 0.403 e. The van der Waals surface area contributed by atoms with E-state index in [9.17, 15) is 98.7 Å². The first-order chi connectivity index (χ1) is 62.5. The number of nitrogens with one attached hydrogen (secondary N) is 4. The van der Waals surface area contributed by atoms with Crippen LogP contribution in [0.25, 0.3) is 0 Å². The number of phosphoric acid groups is 4. The molecule has 16 N–H and O–H groups in total. The number of rotatable bonds is 20. The quantitative estimate of drug-likeness (QED) is 0.0257. The maximum atomic E-state index is 16.0. The van der Waals surface area contributed by atoms with Gasteiger partial charge in [-0.05, 0) is 98.8 Å². The van der Waals surface area contributed by atoms with Crippen LogP contribution in [0.4, 0.5) is 17.6 Å². The molecule has 16 rings (SSSR count). The van der Waals surface area contributed by atoms with Crippen LogP contribution in [0, 0.1) is 46.8 Å². The number of hydrogen-bond acceptors (Lipinski definition) is 40. The van der Waals surface area contributed by atoms with Gasteiger partial charge in [0.15, 0.2) is 43.9 Å². The normalized spacial score (nSPS) is 33.9. The van der Waals surface area contributed by atoms with Crippen molar-refractivity contribution >= 4 is 80.2 Å². The van der Waals surface area contributed by atoms with Crippen LogP contribution < -0.4 is 40.3 Å². The van der Waals surface area contributed by atoms with Crippen LogP contribution in [-0.2, 0) is 126 Å². The highest BCUT2D eigenvalue weighted by Crippen LogP contribution is 2.61. The second-order valence-corrected chi connectivity index (χ2v) is 36.5. The number of aromatic nitrogens is 8. The highest BCUT2D eigenvalue weighted by Gasteiger charge is 2.62. The molecule has 8 aliphatic heterocycles. The molecule has 0 radical (unpaired) electrons. The van der Waals surface area contributed by atoms with Gasteiger partial charge in [-0.1, -0.05) is 72.8 Å². The first kappa shape index (κ1) is 89.4. The maximum Gasteiger partial charge on any atom is 0.530 e. The van der Waals surface area contributed by atoms with E-state index in [1.165, 1.54) is 0 Å². The molecule has 0 spiro atoms. The highest BCUT2D eigenvalue weighted by atomic mass is 32.1. The standard InChI is InChI=1S/4C18H20FN2O9PS/c4*1-9-3-2-4-10-7-27-31(26,30-13(9)10)28-8-18(19)14(24)12(23)16(29-18)21-5-11(6-22)15(25)20-17(21)32/h4*2-5,12,14,16,22-24H,6-8H2,1H3,(H,20,25,32)/t4*12-,14+,16-,18-,31?/m1111/s1/i8D2,16D;16D;8D2;. The minimum Gasteiger partial charge on any atom is -0.403 e. The Morgan fingerprint density at radius 3 is 0.953 bits per heavy atom. The van der Waals surface area contributed by atoms with Crippen molar-refractivity contribution in [3.63, 3.8) is 0 Å². The van der Waals surface area contributed by atoms with Crippen LogP contribution in [0.15, 0.2) is 117 Å². The zero-order valence-electron chi connectivity index (χ0n) is 72.0. The van der Waals surface area contributed by atoms with Crippen molar-refractivity contribution in [3.8, 4) is 23.0 Å². The van der Waals surface area contributed by atoms with E-state index in [1.807, 2.05) is 0 Å². The third-order valence-electron chi connectivity index (χ3n) is 19.9. The summed E-state index contributed by atoms with van der Waals surface area (Å²) in [7, 11) is -18.2. The summed E-state index contributed by atoms with van der Waals surface area (Å²) >= 11 is 19.8. The van der Waals surface area contributed by atoms with E-state index in [4.69, 9.17) is 130 Å². The fraction of sp³-hybridized carbons (Fsp3) is 0.444. The van der Waals surface area contributed by atoms with Gasteiger partial charge in [-0.25, -0.2) is 35.8 Å². The van der Waals surface area contributed by atoms with Gasteiger partial charge in [0.25, 0.3) is 45.7 Å². The summed E-state index contributed by atoms with van der Waals surface area (Å²) < 4.78 is 246. The molecular weight excluding hydrogens is 1880 g/mol. The van der Waals surface area contributed by atoms with Crippen molar-refractivity contribution in [3.05, 3.63) is 225 Å². The van der Waals surface area contributed by atoms with Crippen LogP contribution in [0.2, 0.25) is 0 Å². The molecule has 0 saturated carbocycles. The van der Waals surface area contributed by atoms with Crippen molar-refractivity contribution in [2.24, 2.45) is 0 Å². The van der Waals surface area contributed by atoms with Crippen LogP contribution in [0.3, 0.4) is 0 Å². The van der Waals surface area contributed by atoms with E-state index in [-0.39, 0.29) is 81.2 Å². The van der Waals surface area contributed by atoms with E-state index in [0.29, 0.717) is 53.6 Å². The van der Waals surface area contributed by atoms with Crippen LogP contribution >= 0.6 is 80.2 Å². The zero-order chi connectivity index (χ0) is 98.5. The van der Waals surface area contributed by atoms with Gasteiger partial charge in [0, 0.05) is 47.0 Å². The molecule has 56 heteroatoms. The lowest BCUT2D eigenvalue weighted by Gasteiger charge is -2.29. The lowest BCUT2D eigenvalue weighted by atomic mass is 10.1. The van der Waals surface area contributed by atoms with E-state index in [0.717, 1.165) is 33.9 Å². The number of para-hydroxylation sites is 4. The van der Waals surface area contributed by atoms with Crippen molar-refractivity contribution in [1.82, 2.24) is 38.2 Å². The number of phosphoric ester groups is 4. The van der Waals surface area contributed by atoms with Gasteiger partial charge in [0.1, 0.15) is 98.2 Å². The maximum absolute atomic E-state index is 16.0. The average molecular weight is 1970 g/mol. The summed E-state index contributed by atoms with van der Waals surface area (Å²) in [6.45, 7) is -6.99. The number of aromatic amines is 4. The number of fused-ring (bicyclic) bond motifs is 4. The summed E-state index contributed by atoms with van der Waals surface area (Å²) in [5.41, 5.74) is 0.602. The molecule has 0 bridgehead atoms. The van der Waals surface area contributed by atoms with Crippen LogP contribution in [0.5, 0.6) is 23.0 Å². The molecule has 4 fully saturated rings. The molecule has 20 atom stereocenters. The lowest BCUT2D eigenvalue weighted by Crippen LogP contribution is -2.43. The number of hydrogen-bond donors (Lipinski definition) is 16. The fourth-order valence-corrected chi connectivity index (χ4v) is 18.8. The predicted octanol–water partition coefficient (Wildman–Crippen LogP) is 5.43. The number of aliphatic hydroxyl groups is 12. The van der Waals surface area contributed by atoms with Crippen molar-refractivity contribution in [2.75, 3.05) is 26.3 Å². The van der Waals surface area contributed by atoms with Gasteiger partial charge < -0.3 is 98.3 Å². The van der Waals surface area contributed by atoms with Crippen molar-refractivity contribution in [1.29, 1.82) is 0 Å². The Labute approximate surface area is 745 Å². The molecule has 0 amide bonds. The van der Waals surface area contributed by atoms with E-state index in [1.54, 1.807) is 100 Å². The van der Waals surface area contributed by atoms with Gasteiger partial charge in [0.2, 0.25) is 0 Å². The summed E-state index contributed by atoms with van der Waals surface area (Å²) in [4.78, 5) is 55.8. The summed E-state index contributed by atoms with van der Waals surface area (Å²) in [5.74, 6) is -13.4. The molecule has 4 aromatic carbocycles. The highest BCUT2D eigenvalue weighted by molar-refractivity contribution is 7.71. The number of aryl methyl sites for hydroxylation is 4. The SMILES string of the molecule is Cc1cccc2c1OP(=O)(OC[C@@]1(F)O[C@@H](n3cc(CO)c(=O)[nH]c3=S)[C@H](O)[C@@H]1O)OC2.[2H]C([2H])(OP1(=O)OCc2cccc(C)c2O1)[C@@]1(F)O[C@@H](n2cc(CO)c(=O)[nH]c2=S)[C@H](O)[C@@H]1O.[2H]C([2H])(OP1(=O)OCc2cccc(C)c2O1)[C@@]1(F)O[C@@]([2H])(n2cc(CO)c(=O)[nH]c2=S)[C@H](O)[C@@H]1O.[2H][C@@]1(n2cc(CO)c(=O)[nH]c2=S)O[C@](F)(COP2(=O)OCc3cccc(C)c3O2)[C@@H](O)[C@H]1O. The number of benzene rings is 4. The molecule has 44 nitrogen and oxygen atoms in total. The monoisotopic (exact) mass is 1970 g/mol. The average Bonchev–Trinajstić information content (AvgIpc) is 1.48. The first-order valence-corrected chi connectivity index (χ1v) is 44.6. The Bertz CT molecular complexity index is 6640. The minimum absolute atomic E-state index is 0.0737. The van der Waals surface area contributed by atoms with Gasteiger partial charge in [-0.2, -0.15) is 0 Å². The second-order valence-electron chi connectivity index (χ2n) is 28.7. The Balaban J connectivity index is 0.000000152. The molecule has 8 aromatic rings. The lowest BCUT2D eigenvalue weighted by molar-refractivity contribution is -0.205. The van der Waals surface area contributed by atoms with Crippen molar-refractivity contribution in [2.45, 2.75) is 178 Å². The number of H-pyrrole nitrogens is 4. The Morgan fingerprint density at radius 2 is 0.641 bits per heavy atom. The number of ether oxygens (including phenoxy) is 4. The molecule has 128 heavy (non-hydrogen) atoms.